The fourth-order valence-electron chi connectivity index (χ4n) is 3.89. The van der Waals surface area contributed by atoms with E-state index in [1.54, 1.807) is 12.1 Å². The standard InChI is InChI=1S/C30H45NO4/c1-3-4-5-6-7-8-9-10-11-12-21-33-22-23-34-24-25-35-29-19-15-27(16-20-29)30(32)26-13-17-28(31-2)18-14-26/h13-20,31H,3-12,21-25H2,1-2H3. The van der Waals surface area contributed by atoms with Crippen LogP contribution in [0.4, 0.5) is 5.69 Å². The first-order valence-electron chi connectivity index (χ1n) is 13.5. The summed E-state index contributed by atoms with van der Waals surface area (Å²) in [6.45, 7) is 5.28. The maximum atomic E-state index is 12.6. The highest BCUT2D eigenvalue weighted by atomic mass is 16.5. The van der Waals surface area contributed by atoms with Crippen LogP contribution >= 0.6 is 0 Å². The smallest absolute Gasteiger partial charge is 0.193 e. The minimum Gasteiger partial charge on any atom is -0.491 e. The van der Waals surface area contributed by atoms with E-state index in [2.05, 4.69) is 12.2 Å². The number of unbranched alkanes of at least 4 members (excludes halogenated alkanes) is 9. The second-order valence-corrected chi connectivity index (χ2v) is 8.94. The highest BCUT2D eigenvalue weighted by molar-refractivity contribution is 6.09. The van der Waals surface area contributed by atoms with E-state index in [0.717, 1.165) is 24.5 Å². The van der Waals surface area contributed by atoms with Gasteiger partial charge in [-0.3, -0.25) is 4.79 Å². The SMILES string of the molecule is CCCCCCCCCCCCOCCOCCOc1ccc(C(=O)c2ccc(NC)cc2)cc1. The number of carbonyl (C=O) groups excluding carboxylic acids is 1. The van der Waals surface area contributed by atoms with E-state index in [0.29, 0.717) is 37.6 Å². The van der Waals surface area contributed by atoms with Crippen LogP contribution in [0.15, 0.2) is 48.5 Å². The molecule has 0 amide bonds. The fourth-order valence-corrected chi connectivity index (χ4v) is 3.89. The van der Waals surface area contributed by atoms with Gasteiger partial charge in [0.2, 0.25) is 0 Å². The molecule has 1 N–H and O–H groups in total. The molecule has 0 aliphatic rings. The van der Waals surface area contributed by atoms with Crippen LogP contribution in [0.2, 0.25) is 0 Å². The minimum absolute atomic E-state index is 0.000316. The molecule has 0 aliphatic carbocycles. The van der Waals surface area contributed by atoms with Crippen molar-refractivity contribution < 1.29 is 19.0 Å². The predicted molar refractivity (Wildman–Crippen MR) is 145 cm³/mol. The van der Waals surface area contributed by atoms with Gasteiger partial charge in [-0.05, 0) is 55.0 Å². The molecule has 5 nitrogen and oxygen atoms in total. The van der Waals surface area contributed by atoms with Crippen LogP contribution in [-0.4, -0.2) is 45.9 Å². The number of ether oxygens (including phenoxy) is 3. The Bertz CT molecular complexity index is 789. The third kappa shape index (κ3) is 12.8. The molecule has 0 bridgehead atoms. The average molecular weight is 484 g/mol. The Morgan fingerprint density at radius 2 is 1.11 bits per heavy atom. The monoisotopic (exact) mass is 483 g/mol. The first kappa shape index (κ1) is 28.9. The lowest BCUT2D eigenvalue weighted by Gasteiger charge is -2.09. The average Bonchev–Trinajstić information content (AvgIpc) is 2.90. The molecule has 0 atom stereocenters. The molecule has 0 heterocycles. The third-order valence-electron chi connectivity index (χ3n) is 6.06. The minimum atomic E-state index is 0.000316. The van der Waals surface area contributed by atoms with Gasteiger partial charge >= 0.3 is 0 Å². The number of ketones is 1. The summed E-state index contributed by atoms with van der Waals surface area (Å²) in [7, 11) is 1.86. The van der Waals surface area contributed by atoms with Crippen LogP contribution < -0.4 is 10.1 Å². The van der Waals surface area contributed by atoms with E-state index >= 15 is 0 Å². The van der Waals surface area contributed by atoms with Crippen LogP contribution in [0.3, 0.4) is 0 Å². The number of rotatable bonds is 21. The van der Waals surface area contributed by atoms with Gasteiger partial charge in [0, 0.05) is 30.5 Å². The second-order valence-electron chi connectivity index (χ2n) is 8.94. The van der Waals surface area contributed by atoms with Crippen LogP contribution in [0.1, 0.15) is 87.1 Å². The van der Waals surface area contributed by atoms with Gasteiger partial charge in [0.25, 0.3) is 0 Å². The van der Waals surface area contributed by atoms with Gasteiger partial charge in [-0.15, -0.1) is 0 Å². The highest BCUT2D eigenvalue weighted by Crippen LogP contribution is 2.17. The first-order chi connectivity index (χ1) is 17.2. The van der Waals surface area contributed by atoms with E-state index in [1.807, 2.05) is 43.4 Å². The number of benzene rings is 2. The van der Waals surface area contributed by atoms with Crippen molar-refractivity contribution in [2.75, 3.05) is 45.4 Å². The van der Waals surface area contributed by atoms with Crippen molar-refractivity contribution in [1.82, 2.24) is 0 Å². The zero-order valence-corrected chi connectivity index (χ0v) is 21.9. The summed E-state index contributed by atoms with van der Waals surface area (Å²) in [5.74, 6) is 0.730. The Balaban J connectivity index is 1.43. The van der Waals surface area contributed by atoms with E-state index in [-0.39, 0.29) is 5.78 Å². The van der Waals surface area contributed by atoms with Crippen LogP contribution in [0.5, 0.6) is 5.75 Å². The summed E-state index contributed by atoms with van der Waals surface area (Å²) < 4.78 is 16.9. The molecular weight excluding hydrogens is 438 g/mol. The summed E-state index contributed by atoms with van der Waals surface area (Å²) in [4.78, 5) is 12.6. The molecule has 0 spiro atoms. The van der Waals surface area contributed by atoms with E-state index in [9.17, 15) is 4.79 Å². The Hall–Kier alpha value is -2.37. The number of hydrogen-bond donors (Lipinski definition) is 1. The van der Waals surface area contributed by atoms with Gasteiger partial charge in [-0.1, -0.05) is 64.7 Å². The van der Waals surface area contributed by atoms with Crippen molar-refractivity contribution in [3.8, 4) is 5.75 Å². The van der Waals surface area contributed by atoms with E-state index < -0.39 is 0 Å². The second kappa shape index (κ2) is 18.9. The highest BCUT2D eigenvalue weighted by Gasteiger charge is 2.09. The maximum absolute atomic E-state index is 12.6. The Morgan fingerprint density at radius 3 is 1.69 bits per heavy atom. The number of anilines is 1. The molecule has 2 aromatic rings. The third-order valence-corrected chi connectivity index (χ3v) is 6.06. The largest absolute Gasteiger partial charge is 0.491 e. The van der Waals surface area contributed by atoms with Gasteiger partial charge in [0.15, 0.2) is 5.78 Å². The van der Waals surface area contributed by atoms with E-state index in [1.165, 1.54) is 57.8 Å². The summed E-state index contributed by atoms with van der Waals surface area (Å²) in [6.07, 6.45) is 13.4. The van der Waals surface area contributed by atoms with Crippen LogP contribution in [0, 0.1) is 0 Å². The topological polar surface area (TPSA) is 56.8 Å². The van der Waals surface area contributed by atoms with Gasteiger partial charge < -0.3 is 19.5 Å². The van der Waals surface area contributed by atoms with Gasteiger partial charge in [-0.2, -0.15) is 0 Å². The summed E-state index contributed by atoms with van der Waals surface area (Å²) in [6, 6.07) is 14.7. The molecule has 194 valence electrons. The molecule has 0 radical (unpaired) electrons. The molecule has 5 heteroatoms. The molecule has 2 aromatic carbocycles. The molecule has 35 heavy (non-hydrogen) atoms. The lowest BCUT2D eigenvalue weighted by Crippen LogP contribution is -2.11. The maximum Gasteiger partial charge on any atom is 0.193 e. The van der Waals surface area contributed by atoms with Crippen molar-refractivity contribution in [3.63, 3.8) is 0 Å². The predicted octanol–water partition coefficient (Wildman–Crippen LogP) is 7.29. The van der Waals surface area contributed by atoms with Crippen molar-refractivity contribution in [3.05, 3.63) is 59.7 Å². The Morgan fingerprint density at radius 1 is 0.629 bits per heavy atom. The Labute approximate surface area is 212 Å². The zero-order chi connectivity index (χ0) is 25.0. The van der Waals surface area contributed by atoms with E-state index in [4.69, 9.17) is 14.2 Å². The molecular formula is C30H45NO4. The quantitative estimate of drug-likeness (QED) is 0.149. The normalized spacial score (nSPS) is 10.9. The molecule has 2 rings (SSSR count). The van der Waals surface area contributed by atoms with Crippen LogP contribution in [0.25, 0.3) is 0 Å². The van der Waals surface area contributed by atoms with Gasteiger partial charge in [0.1, 0.15) is 12.4 Å². The van der Waals surface area contributed by atoms with Crippen LogP contribution in [-0.2, 0) is 9.47 Å². The molecule has 0 saturated heterocycles. The number of carbonyl (C=O) groups is 1. The number of nitrogens with one attached hydrogen (secondary N) is 1. The lowest BCUT2D eigenvalue weighted by atomic mass is 10.0. The zero-order valence-electron chi connectivity index (χ0n) is 21.9. The summed E-state index contributed by atoms with van der Waals surface area (Å²) in [5, 5.41) is 3.05. The summed E-state index contributed by atoms with van der Waals surface area (Å²) in [5.41, 5.74) is 2.29. The lowest BCUT2D eigenvalue weighted by molar-refractivity contribution is 0.0352. The van der Waals surface area contributed by atoms with Gasteiger partial charge in [0.05, 0.1) is 19.8 Å². The molecule has 0 unspecified atom stereocenters. The molecule has 0 fully saturated rings. The van der Waals surface area contributed by atoms with Gasteiger partial charge in [-0.25, -0.2) is 0 Å². The fraction of sp³-hybridized carbons (Fsp3) is 0.567. The summed E-state index contributed by atoms with van der Waals surface area (Å²) >= 11 is 0. The van der Waals surface area contributed by atoms with Crippen molar-refractivity contribution >= 4 is 11.5 Å². The molecule has 0 aliphatic heterocycles. The van der Waals surface area contributed by atoms with Crippen molar-refractivity contribution in [2.24, 2.45) is 0 Å². The van der Waals surface area contributed by atoms with Crippen molar-refractivity contribution in [1.29, 1.82) is 0 Å². The Kier molecular flexibility index (Phi) is 15.6. The number of hydrogen-bond acceptors (Lipinski definition) is 5. The van der Waals surface area contributed by atoms with Crippen molar-refractivity contribution in [2.45, 2.75) is 71.1 Å². The molecule has 0 aromatic heterocycles. The first-order valence-corrected chi connectivity index (χ1v) is 13.5. The molecule has 0 saturated carbocycles.